The van der Waals surface area contributed by atoms with E-state index in [9.17, 15) is 0 Å². The van der Waals surface area contributed by atoms with Crippen LogP contribution < -0.4 is 19.7 Å². The van der Waals surface area contributed by atoms with E-state index >= 15 is 0 Å². The van der Waals surface area contributed by atoms with Gasteiger partial charge < -0.3 is 19.7 Å². The fourth-order valence-electron chi connectivity index (χ4n) is 3.40. The Bertz CT molecular complexity index is 475. The Labute approximate surface area is 114 Å². The van der Waals surface area contributed by atoms with Crippen molar-refractivity contribution < 1.29 is 9.47 Å². The second-order valence-electron chi connectivity index (χ2n) is 5.44. The summed E-state index contributed by atoms with van der Waals surface area (Å²) >= 11 is 0. The van der Waals surface area contributed by atoms with Gasteiger partial charge in [0, 0.05) is 31.3 Å². The molecule has 1 fully saturated rings. The Morgan fingerprint density at radius 1 is 1.11 bits per heavy atom. The molecule has 1 aliphatic heterocycles. The molecule has 2 aliphatic rings. The lowest BCUT2D eigenvalue weighted by atomic mass is 9.87. The number of likely N-dealkylation sites (N-methyl/N-ethyl adjacent to an activating group) is 1. The lowest BCUT2D eigenvalue weighted by Crippen LogP contribution is -2.50. The fraction of sp³-hybridized carbons (Fsp3) is 0.600. The summed E-state index contributed by atoms with van der Waals surface area (Å²) in [5.41, 5.74) is 2.36. The van der Waals surface area contributed by atoms with Crippen LogP contribution >= 0.6 is 0 Å². The Kier molecular flexibility index (Phi) is 3.17. The molecule has 0 amide bonds. The number of fused-ring (bicyclic) bond motifs is 2. The van der Waals surface area contributed by atoms with Crippen molar-refractivity contribution in [2.45, 2.75) is 37.8 Å². The number of benzene rings is 1. The molecule has 4 heteroatoms. The van der Waals surface area contributed by atoms with Crippen LogP contribution in [-0.2, 0) is 0 Å². The summed E-state index contributed by atoms with van der Waals surface area (Å²) in [5, 5.41) is 3.68. The van der Waals surface area contributed by atoms with E-state index in [4.69, 9.17) is 9.47 Å². The number of rotatable bonds is 2. The first-order chi connectivity index (χ1) is 9.24. The van der Waals surface area contributed by atoms with Crippen LogP contribution in [0.5, 0.6) is 11.5 Å². The maximum atomic E-state index is 5.41. The smallest absolute Gasteiger partial charge is 0.162 e. The standard InChI is InChI=1S/C15H22N2O2/c1-17-12-7-5-4-6-10(12)16-11-8-14(18-2)15(19-3)9-13(11)17/h8-10,12,16H,4-7H2,1-3H3. The van der Waals surface area contributed by atoms with Gasteiger partial charge >= 0.3 is 0 Å². The van der Waals surface area contributed by atoms with Gasteiger partial charge in [-0.3, -0.25) is 0 Å². The van der Waals surface area contributed by atoms with Crippen molar-refractivity contribution in [1.82, 2.24) is 0 Å². The summed E-state index contributed by atoms with van der Waals surface area (Å²) in [4.78, 5) is 2.40. The first-order valence-electron chi connectivity index (χ1n) is 7.00. The Balaban J connectivity index is 2.02. The Morgan fingerprint density at radius 2 is 1.79 bits per heavy atom. The van der Waals surface area contributed by atoms with Crippen molar-refractivity contribution in [2.24, 2.45) is 0 Å². The maximum Gasteiger partial charge on any atom is 0.162 e. The molecule has 1 aliphatic carbocycles. The van der Waals surface area contributed by atoms with Gasteiger partial charge in [0.25, 0.3) is 0 Å². The molecule has 2 unspecified atom stereocenters. The first kappa shape index (κ1) is 12.5. The first-order valence-corrected chi connectivity index (χ1v) is 7.00. The molecule has 104 valence electrons. The lowest BCUT2D eigenvalue weighted by Gasteiger charge is -2.45. The average Bonchev–Trinajstić information content (AvgIpc) is 2.46. The second kappa shape index (κ2) is 4.83. The minimum absolute atomic E-state index is 0.560. The summed E-state index contributed by atoms with van der Waals surface area (Å²) in [6.45, 7) is 0. The van der Waals surface area contributed by atoms with E-state index in [0.29, 0.717) is 12.1 Å². The highest BCUT2D eigenvalue weighted by atomic mass is 16.5. The van der Waals surface area contributed by atoms with E-state index < -0.39 is 0 Å². The van der Waals surface area contributed by atoms with Gasteiger partial charge in [-0.1, -0.05) is 12.8 Å². The highest BCUT2D eigenvalue weighted by Gasteiger charge is 2.34. The van der Waals surface area contributed by atoms with Gasteiger partial charge in [-0.15, -0.1) is 0 Å². The molecule has 1 aromatic rings. The van der Waals surface area contributed by atoms with E-state index in [-0.39, 0.29) is 0 Å². The van der Waals surface area contributed by atoms with Crippen LogP contribution in [0.1, 0.15) is 25.7 Å². The molecule has 2 atom stereocenters. The van der Waals surface area contributed by atoms with E-state index in [2.05, 4.69) is 29.4 Å². The zero-order valence-electron chi connectivity index (χ0n) is 11.9. The van der Waals surface area contributed by atoms with E-state index in [1.54, 1.807) is 14.2 Å². The topological polar surface area (TPSA) is 33.7 Å². The monoisotopic (exact) mass is 262 g/mol. The molecular weight excluding hydrogens is 240 g/mol. The van der Waals surface area contributed by atoms with Crippen LogP contribution in [0.25, 0.3) is 0 Å². The highest BCUT2D eigenvalue weighted by molar-refractivity contribution is 5.77. The third-order valence-corrected chi connectivity index (χ3v) is 4.45. The number of nitrogens with zero attached hydrogens (tertiary/aromatic N) is 1. The minimum Gasteiger partial charge on any atom is -0.493 e. The average molecular weight is 262 g/mol. The van der Waals surface area contributed by atoms with Crippen molar-refractivity contribution >= 4 is 11.4 Å². The quantitative estimate of drug-likeness (QED) is 0.888. The molecule has 0 spiro atoms. The normalized spacial score (nSPS) is 25.1. The van der Waals surface area contributed by atoms with Gasteiger partial charge in [0.2, 0.25) is 0 Å². The number of hydrogen-bond acceptors (Lipinski definition) is 4. The molecule has 0 bridgehead atoms. The van der Waals surface area contributed by atoms with E-state index in [0.717, 1.165) is 17.2 Å². The summed E-state index contributed by atoms with van der Waals surface area (Å²) < 4.78 is 10.8. The van der Waals surface area contributed by atoms with Crippen LogP contribution in [0.3, 0.4) is 0 Å². The van der Waals surface area contributed by atoms with Gasteiger partial charge in [-0.25, -0.2) is 0 Å². The molecule has 0 aromatic heterocycles. The lowest BCUT2D eigenvalue weighted by molar-refractivity contribution is 0.352. The molecule has 1 N–H and O–H groups in total. The molecule has 3 rings (SSSR count). The van der Waals surface area contributed by atoms with Gasteiger partial charge in [0.05, 0.1) is 25.6 Å². The highest BCUT2D eigenvalue weighted by Crippen LogP contribution is 2.43. The molecule has 4 nitrogen and oxygen atoms in total. The van der Waals surface area contributed by atoms with Crippen LogP contribution in [0.2, 0.25) is 0 Å². The summed E-state index contributed by atoms with van der Waals surface area (Å²) in [6.07, 6.45) is 5.17. The molecular formula is C15H22N2O2. The zero-order chi connectivity index (χ0) is 13.4. The van der Waals surface area contributed by atoms with Crippen molar-refractivity contribution in [3.63, 3.8) is 0 Å². The molecule has 19 heavy (non-hydrogen) atoms. The predicted molar refractivity (Wildman–Crippen MR) is 77.6 cm³/mol. The van der Waals surface area contributed by atoms with Crippen LogP contribution in [0, 0.1) is 0 Å². The van der Waals surface area contributed by atoms with Crippen LogP contribution in [0.4, 0.5) is 11.4 Å². The molecule has 0 saturated heterocycles. The fourth-order valence-corrected chi connectivity index (χ4v) is 3.40. The van der Waals surface area contributed by atoms with Crippen molar-refractivity contribution in [1.29, 1.82) is 0 Å². The summed E-state index contributed by atoms with van der Waals surface area (Å²) in [6, 6.07) is 5.28. The van der Waals surface area contributed by atoms with Gasteiger partial charge in [-0.05, 0) is 12.8 Å². The van der Waals surface area contributed by atoms with Gasteiger partial charge in [-0.2, -0.15) is 0 Å². The Morgan fingerprint density at radius 3 is 2.53 bits per heavy atom. The SMILES string of the molecule is COc1cc2c(cc1OC)N(C)C1CCCCC1N2. The van der Waals surface area contributed by atoms with E-state index in [1.807, 2.05) is 0 Å². The molecule has 1 aromatic carbocycles. The van der Waals surface area contributed by atoms with Crippen LogP contribution in [0.15, 0.2) is 12.1 Å². The zero-order valence-corrected chi connectivity index (χ0v) is 11.9. The van der Waals surface area contributed by atoms with E-state index in [1.165, 1.54) is 31.4 Å². The predicted octanol–water partition coefficient (Wildman–Crippen LogP) is 2.88. The van der Waals surface area contributed by atoms with Crippen molar-refractivity contribution in [2.75, 3.05) is 31.5 Å². The molecule has 0 radical (unpaired) electrons. The van der Waals surface area contributed by atoms with Crippen molar-refractivity contribution in [3.8, 4) is 11.5 Å². The Hall–Kier alpha value is -1.58. The summed E-state index contributed by atoms with van der Waals surface area (Å²) in [5.74, 6) is 1.58. The number of methoxy groups -OCH3 is 2. The minimum atomic E-state index is 0.560. The van der Waals surface area contributed by atoms with Gasteiger partial charge in [0.15, 0.2) is 11.5 Å². The number of hydrogen-bond donors (Lipinski definition) is 1. The largest absolute Gasteiger partial charge is 0.493 e. The maximum absolute atomic E-state index is 5.41. The third-order valence-electron chi connectivity index (χ3n) is 4.45. The third kappa shape index (κ3) is 1.99. The summed E-state index contributed by atoms with van der Waals surface area (Å²) in [7, 11) is 5.55. The molecule has 1 heterocycles. The van der Waals surface area contributed by atoms with Gasteiger partial charge in [0.1, 0.15) is 0 Å². The number of anilines is 2. The number of nitrogens with one attached hydrogen (secondary N) is 1. The van der Waals surface area contributed by atoms with Crippen molar-refractivity contribution in [3.05, 3.63) is 12.1 Å². The van der Waals surface area contributed by atoms with Crippen LogP contribution in [-0.4, -0.2) is 33.4 Å². The number of ether oxygens (including phenoxy) is 2. The second-order valence-corrected chi connectivity index (χ2v) is 5.44. The molecule has 1 saturated carbocycles.